The summed E-state index contributed by atoms with van der Waals surface area (Å²) in [7, 11) is 0. The first-order valence-corrected chi connectivity index (χ1v) is 7.65. The third-order valence-electron chi connectivity index (χ3n) is 4.41. The maximum Gasteiger partial charge on any atom is 0.186 e. The van der Waals surface area contributed by atoms with Crippen molar-refractivity contribution in [3.63, 3.8) is 0 Å². The molecule has 0 saturated heterocycles. The minimum Gasteiger partial charge on any atom is -0.345 e. The van der Waals surface area contributed by atoms with Crippen LogP contribution in [0.1, 0.15) is 40.6 Å². The molecular formula is C17H18N4O. The Bertz CT molecular complexity index is 870. The highest BCUT2D eigenvalue weighted by molar-refractivity contribution is 5.98. The highest BCUT2D eigenvalue weighted by Gasteiger charge is 2.28. The molecule has 0 radical (unpaired) electrons. The lowest BCUT2D eigenvalue weighted by molar-refractivity contribution is 0.0968. The van der Waals surface area contributed by atoms with E-state index in [9.17, 15) is 4.79 Å². The highest BCUT2D eigenvalue weighted by atomic mass is 16.1. The second-order valence-corrected chi connectivity index (χ2v) is 6.04. The van der Waals surface area contributed by atoms with Gasteiger partial charge in [-0.3, -0.25) is 4.79 Å². The van der Waals surface area contributed by atoms with Crippen LogP contribution in [0.25, 0.3) is 11.0 Å². The Morgan fingerprint density at radius 3 is 2.82 bits per heavy atom. The number of carbonyl (C=O) groups is 1. The molecule has 1 saturated carbocycles. The van der Waals surface area contributed by atoms with Crippen LogP contribution in [0.4, 0.5) is 0 Å². The molecule has 5 nitrogen and oxygen atoms in total. The molecule has 1 aromatic carbocycles. The number of Topliss-reactive ketones (excluding diaryl/α,β-unsaturated/α-hetero) is 1. The molecule has 0 amide bonds. The van der Waals surface area contributed by atoms with E-state index in [1.807, 2.05) is 37.3 Å². The quantitative estimate of drug-likeness (QED) is 0.695. The Labute approximate surface area is 128 Å². The van der Waals surface area contributed by atoms with Crippen molar-refractivity contribution in [2.24, 2.45) is 0 Å². The van der Waals surface area contributed by atoms with E-state index < -0.39 is 0 Å². The molecule has 0 unspecified atom stereocenters. The number of benzene rings is 1. The average Bonchev–Trinajstić information content (AvgIpc) is 3.19. The van der Waals surface area contributed by atoms with Gasteiger partial charge in [-0.15, -0.1) is 5.10 Å². The summed E-state index contributed by atoms with van der Waals surface area (Å²) < 4.78 is 3.98. The van der Waals surface area contributed by atoms with Gasteiger partial charge in [-0.2, -0.15) is 0 Å². The first kappa shape index (κ1) is 13.2. The zero-order chi connectivity index (χ0) is 15.3. The second-order valence-electron chi connectivity index (χ2n) is 6.04. The Morgan fingerprint density at radius 1 is 1.27 bits per heavy atom. The molecule has 4 rings (SSSR count). The van der Waals surface area contributed by atoms with Crippen LogP contribution in [-0.4, -0.2) is 25.3 Å². The summed E-state index contributed by atoms with van der Waals surface area (Å²) in [4.78, 5) is 12.7. The van der Waals surface area contributed by atoms with Crippen molar-refractivity contribution in [1.82, 2.24) is 19.6 Å². The Kier molecular flexibility index (Phi) is 2.89. The molecule has 0 N–H and O–H groups in total. The number of rotatable bonds is 4. The van der Waals surface area contributed by atoms with E-state index in [4.69, 9.17) is 0 Å². The molecule has 22 heavy (non-hydrogen) atoms. The van der Waals surface area contributed by atoms with Gasteiger partial charge in [0.15, 0.2) is 5.78 Å². The number of aromatic nitrogens is 4. The van der Waals surface area contributed by atoms with Crippen molar-refractivity contribution in [3.05, 3.63) is 47.3 Å². The maximum atomic E-state index is 12.7. The zero-order valence-electron chi connectivity index (χ0n) is 12.8. The van der Waals surface area contributed by atoms with Crippen LogP contribution in [0.2, 0.25) is 0 Å². The van der Waals surface area contributed by atoms with Crippen LogP contribution in [0.3, 0.4) is 0 Å². The minimum absolute atomic E-state index is 0.0932. The van der Waals surface area contributed by atoms with Gasteiger partial charge in [0, 0.05) is 23.0 Å². The predicted molar refractivity (Wildman–Crippen MR) is 84.0 cm³/mol. The molecule has 5 heteroatoms. The monoisotopic (exact) mass is 294 g/mol. The number of ketones is 1. The molecule has 1 fully saturated rings. The summed E-state index contributed by atoms with van der Waals surface area (Å²) >= 11 is 0. The number of hydrogen-bond donors (Lipinski definition) is 0. The number of hydrogen-bond acceptors (Lipinski definition) is 3. The average molecular weight is 294 g/mol. The number of nitrogens with zero attached hydrogens (tertiary/aromatic N) is 4. The summed E-state index contributed by atoms with van der Waals surface area (Å²) in [5.74, 6) is 0.0932. The molecule has 1 aliphatic carbocycles. The molecule has 0 spiro atoms. The van der Waals surface area contributed by atoms with Crippen molar-refractivity contribution in [2.75, 3.05) is 0 Å². The van der Waals surface area contributed by atoms with E-state index >= 15 is 0 Å². The van der Waals surface area contributed by atoms with Crippen LogP contribution in [0.5, 0.6) is 0 Å². The number of carbonyl (C=O) groups excluding carboxylic acids is 1. The van der Waals surface area contributed by atoms with Gasteiger partial charge in [0.1, 0.15) is 12.1 Å². The lowest BCUT2D eigenvalue weighted by Gasteiger charge is -2.07. The summed E-state index contributed by atoms with van der Waals surface area (Å²) in [6.07, 6.45) is 2.44. The molecule has 3 aromatic rings. The van der Waals surface area contributed by atoms with Gasteiger partial charge in [0.25, 0.3) is 0 Å². The van der Waals surface area contributed by atoms with Gasteiger partial charge >= 0.3 is 0 Å². The molecule has 0 bridgehead atoms. The van der Waals surface area contributed by atoms with Crippen LogP contribution in [0, 0.1) is 13.8 Å². The van der Waals surface area contributed by atoms with Gasteiger partial charge in [0.05, 0.1) is 5.52 Å². The second kappa shape index (κ2) is 4.80. The topological polar surface area (TPSA) is 52.7 Å². The Hall–Kier alpha value is -2.43. The van der Waals surface area contributed by atoms with Crippen LogP contribution >= 0.6 is 0 Å². The number of aryl methyl sites for hydroxylation is 1. The van der Waals surface area contributed by atoms with Crippen molar-refractivity contribution in [3.8, 4) is 0 Å². The summed E-state index contributed by atoms with van der Waals surface area (Å²) in [5.41, 5.74) is 4.77. The first-order chi connectivity index (χ1) is 10.6. The standard InChI is InChI=1S/C17H18N4O/c1-11-9-14(12(2)21(11)13-7-8-13)17(22)10-20-16-6-4-3-5-15(16)18-19-20/h3-6,9,13H,7-8,10H2,1-2H3. The van der Waals surface area contributed by atoms with Crippen LogP contribution in [0.15, 0.2) is 30.3 Å². The summed E-state index contributed by atoms with van der Waals surface area (Å²) in [6.45, 7) is 4.35. The normalized spacial score (nSPS) is 14.6. The van der Waals surface area contributed by atoms with Gasteiger partial charge in [-0.05, 0) is 44.9 Å². The van der Waals surface area contributed by atoms with E-state index in [2.05, 4.69) is 21.8 Å². The van der Waals surface area contributed by atoms with Crippen molar-refractivity contribution < 1.29 is 4.79 Å². The minimum atomic E-state index is 0.0932. The van der Waals surface area contributed by atoms with E-state index in [0.717, 1.165) is 22.3 Å². The fourth-order valence-corrected chi connectivity index (χ4v) is 3.21. The van der Waals surface area contributed by atoms with E-state index in [1.165, 1.54) is 18.5 Å². The third kappa shape index (κ3) is 2.04. The third-order valence-corrected chi connectivity index (χ3v) is 4.41. The lowest BCUT2D eigenvalue weighted by atomic mass is 10.1. The van der Waals surface area contributed by atoms with Gasteiger partial charge in [-0.1, -0.05) is 17.3 Å². The SMILES string of the molecule is Cc1cc(C(=O)Cn2nnc3ccccc32)c(C)n1C1CC1. The zero-order valence-corrected chi connectivity index (χ0v) is 12.8. The lowest BCUT2D eigenvalue weighted by Crippen LogP contribution is -2.13. The Morgan fingerprint density at radius 2 is 2.05 bits per heavy atom. The molecule has 0 aliphatic heterocycles. The van der Waals surface area contributed by atoms with E-state index in [0.29, 0.717) is 6.04 Å². The van der Waals surface area contributed by atoms with Crippen molar-refractivity contribution in [1.29, 1.82) is 0 Å². The van der Waals surface area contributed by atoms with Gasteiger partial charge < -0.3 is 4.57 Å². The molecule has 2 heterocycles. The summed E-state index contributed by atoms with van der Waals surface area (Å²) in [6, 6.07) is 10.3. The fraction of sp³-hybridized carbons (Fsp3) is 0.353. The fourth-order valence-electron chi connectivity index (χ4n) is 3.21. The van der Waals surface area contributed by atoms with Crippen LogP contribution < -0.4 is 0 Å². The predicted octanol–water partition coefficient (Wildman–Crippen LogP) is 3.07. The summed E-state index contributed by atoms with van der Waals surface area (Å²) in [5, 5.41) is 8.21. The van der Waals surface area contributed by atoms with Crippen LogP contribution in [-0.2, 0) is 6.54 Å². The smallest absolute Gasteiger partial charge is 0.186 e. The Balaban J connectivity index is 1.66. The number of para-hydroxylation sites is 1. The molecule has 2 aromatic heterocycles. The van der Waals surface area contributed by atoms with E-state index in [1.54, 1.807) is 4.68 Å². The van der Waals surface area contributed by atoms with E-state index in [-0.39, 0.29) is 12.3 Å². The van der Waals surface area contributed by atoms with Gasteiger partial charge in [-0.25, -0.2) is 4.68 Å². The molecule has 0 atom stereocenters. The molecule has 112 valence electrons. The van der Waals surface area contributed by atoms with Crippen molar-refractivity contribution in [2.45, 2.75) is 39.3 Å². The molecule has 1 aliphatic rings. The van der Waals surface area contributed by atoms with Gasteiger partial charge in [0.2, 0.25) is 0 Å². The number of fused-ring (bicyclic) bond motifs is 1. The first-order valence-electron chi connectivity index (χ1n) is 7.65. The largest absolute Gasteiger partial charge is 0.345 e. The highest BCUT2D eigenvalue weighted by Crippen LogP contribution is 2.38. The maximum absolute atomic E-state index is 12.7. The molecular weight excluding hydrogens is 276 g/mol. The van der Waals surface area contributed by atoms with Crippen molar-refractivity contribution >= 4 is 16.8 Å².